The summed E-state index contributed by atoms with van der Waals surface area (Å²) in [5, 5.41) is 0. The number of rotatable bonds is 8. The molecule has 0 spiro atoms. The lowest BCUT2D eigenvalue weighted by Gasteiger charge is -2.42. The normalized spacial score (nSPS) is 23.4. The number of ether oxygens (including phenoxy) is 2. The molecule has 208 valence electrons. The van der Waals surface area contributed by atoms with E-state index in [4.69, 9.17) is 9.47 Å². The lowest BCUT2D eigenvalue weighted by atomic mass is 10.0. The molecule has 4 rings (SSSR count). The van der Waals surface area contributed by atoms with Crippen molar-refractivity contribution in [3.8, 4) is 5.75 Å². The Labute approximate surface area is 222 Å². The Kier molecular flexibility index (Phi) is 9.50. The molecule has 1 unspecified atom stereocenters. The molecule has 3 aliphatic heterocycles. The summed E-state index contributed by atoms with van der Waals surface area (Å²) in [6.07, 6.45) is 4.52. The van der Waals surface area contributed by atoms with Gasteiger partial charge in [-0.05, 0) is 69.8 Å². The summed E-state index contributed by atoms with van der Waals surface area (Å²) in [5.74, 6) is 0.655. The van der Waals surface area contributed by atoms with E-state index in [1.807, 2.05) is 18.7 Å². The Balaban J connectivity index is 1.30. The van der Waals surface area contributed by atoms with Crippen molar-refractivity contribution in [1.82, 2.24) is 19.0 Å². The minimum absolute atomic E-state index is 0.00360. The SMILES string of the molecule is COc1cc(C)c(S(=O)(=O)N2CCCCC2COCC(=O)N2CCC(N3CCN(C)CC3)CC2)c(C)c1. The van der Waals surface area contributed by atoms with E-state index in [-0.39, 0.29) is 25.2 Å². The van der Waals surface area contributed by atoms with Gasteiger partial charge >= 0.3 is 0 Å². The molecule has 0 aliphatic carbocycles. The Bertz CT molecular complexity index is 1010. The van der Waals surface area contributed by atoms with E-state index >= 15 is 0 Å². The second kappa shape index (κ2) is 12.4. The molecular formula is C27H44N4O5S. The Morgan fingerprint density at radius 1 is 0.946 bits per heavy atom. The molecule has 1 aromatic carbocycles. The number of carbonyl (C=O) groups excluding carboxylic acids is 1. The largest absolute Gasteiger partial charge is 0.497 e. The number of piperidine rings is 2. The summed E-state index contributed by atoms with van der Waals surface area (Å²) in [6.45, 7) is 10.3. The van der Waals surface area contributed by atoms with Gasteiger partial charge in [-0.25, -0.2) is 8.42 Å². The fourth-order valence-electron chi connectivity index (χ4n) is 6.05. The number of aryl methyl sites for hydroxylation is 2. The fraction of sp³-hybridized carbons (Fsp3) is 0.741. The van der Waals surface area contributed by atoms with E-state index in [2.05, 4.69) is 16.8 Å². The summed E-state index contributed by atoms with van der Waals surface area (Å²) >= 11 is 0. The number of methoxy groups -OCH3 is 1. The van der Waals surface area contributed by atoms with Crippen LogP contribution in [0.1, 0.15) is 43.2 Å². The van der Waals surface area contributed by atoms with Gasteiger partial charge in [-0.3, -0.25) is 9.69 Å². The van der Waals surface area contributed by atoms with Gasteiger partial charge in [-0.2, -0.15) is 4.31 Å². The summed E-state index contributed by atoms with van der Waals surface area (Å²) in [6, 6.07) is 3.82. The van der Waals surface area contributed by atoms with Gasteiger partial charge in [0.05, 0.1) is 18.6 Å². The molecule has 3 saturated heterocycles. The average molecular weight is 537 g/mol. The fourth-order valence-corrected chi connectivity index (χ4v) is 8.14. The molecule has 1 amide bonds. The van der Waals surface area contributed by atoms with Crippen LogP contribution in [0.5, 0.6) is 5.75 Å². The lowest BCUT2D eigenvalue weighted by molar-refractivity contribution is -0.138. The van der Waals surface area contributed by atoms with Gasteiger partial charge in [0.25, 0.3) is 0 Å². The van der Waals surface area contributed by atoms with E-state index in [0.717, 1.165) is 71.4 Å². The van der Waals surface area contributed by atoms with E-state index in [1.165, 1.54) is 0 Å². The number of likely N-dealkylation sites (tertiary alicyclic amines) is 1. The molecule has 0 N–H and O–H groups in total. The van der Waals surface area contributed by atoms with Crippen LogP contribution in [-0.2, 0) is 19.6 Å². The van der Waals surface area contributed by atoms with Gasteiger partial charge in [0.15, 0.2) is 0 Å². The van der Waals surface area contributed by atoms with Crippen LogP contribution in [0.4, 0.5) is 0 Å². The third kappa shape index (κ3) is 6.65. The third-order valence-electron chi connectivity index (χ3n) is 8.22. The van der Waals surface area contributed by atoms with Gasteiger partial charge in [0.2, 0.25) is 15.9 Å². The van der Waals surface area contributed by atoms with Crippen LogP contribution in [0.2, 0.25) is 0 Å². The van der Waals surface area contributed by atoms with Crippen LogP contribution in [0, 0.1) is 13.8 Å². The number of hydrogen-bond acceptors (Lipinski definition) is 7. The van der Waals surface area contributed by atoms with Crippen LogP contribution in [-0.4, -0.2) is 119 Å². The molecule has 0 aromatic heterocycles. The van der Waals surface area contributed by atoms with Crippen LogP contribution >= 0.6 is 0 Å². The summed E-state index contributed by atoms with van der Waals surface area (Å²) in [5.41, 5.74) is 1.36. The molecule has 0 saturated carbocycles. The van der Waals surface area contributed by atoms with E-state index < -0.39 is 10.0 Å². The second-order valence-corrected chi connectivity index (χ2v) is 12.6. The first kappa shape index (κ1) is 28.3. The number of sulfonamides is 1. The molecule has 3 heterocycles. The average Bonchev–Trinajstić information content (AvgIpc) is 2.88. The first-order chi connectivity index (χ1) is 17.7. The van der Waals surface area contributed by atoms with Crippen molar-refractivity contribution in [3.63, 3.8) is 0 Å². The molecule has 1 atom stereocenters. The second-order valence-electron chi connectivity index (χ2n) is 10.8. The number of carbonyl (C=O) groups is 1. The van der Waals surface area contributed by atoms with Gasteiger partial charge < -0.3 is 19.3 Å². The standard InChI is InChI=1S/C27H44N4O5S/c1-21-17-25(35-4)18-22(2)27(21)37(33,34)31-10-6-5-7-24(31)19-36-20-26(32)30-11-8-23(9-12-30)29-15-13-28(3)14-16-29/h17-18,23-24H,5-16,19-20H2,1-4H3. The van der Waals surface area contributed by atoms with Crippen LogP contribution < -0.4 is 4.74 Å². The molecule has 3 fully saturated rings. The maximum atomic E-state index is 13.7. The summed E-state index contributed by atoms with van der Waals surface area (Å²) in [4.78, 5) is 20.0. The first-order valence-corrected chi connectivity index (χ1v) is 15.1. The highest BCUT2D eigenvalue weighted by Gasteiger charge is 2.36. The number of benzene rings is 1. The van der Waals surface area contributed by atoms with E-state index in [9.17, 15) is 13.2 Å². The number of likely N-dealkylation sites (N-methyl/N-ethyl adjacent to an activating group) is 1. The Morgan fingerprint density at radius 3 is 2.22 bits per heavy atom. The van der Waals surface area contributed by atoms with Crippen molar-refractivity contribution in [2.45, 2.75) is 62.9 Å². The highest BCUT2D eigenvalue weighted by atomic mass is 32.2. The molecule has 1 aromatic rings. The number of hydrogen-bond donors (Lipinski definition) is 0. The first-order valence-electron chi connectivity index (χ1n) is 13.7. The van der Waals surface area contributed by atoms with Crippen LogP contribution in [0.3, 0.4) is 0 Å². The van der Waals surface area contributed by atoms with Crippen molar-refractivity contribution in [1.29, 1.82) is 0 Å². The molecular weight excluding hydrogens is 492 g/mol. The molecule has 37 heavy (non-hydrogen) atoms. The minimum atomic E-state index is -3.69. The maximum absolute atomic E-state index is 13.7. The van der Waals surface area contributed by atoms with Gasteiger partial charge in [-0.15, -0.1) is 0 Å². The molecule has 0 radical (unpaired) electrons. The zero-order valence-electron chi connectivity index (χ0n) is 22.9. The Hall–Kier alpha value is -1.72. The van der Waals surface area contributed by atoms with E-state index in [1.54, 1.807) is 23.5 Å². The quantitative estimate of drug-likeness (QED) is 0.503. The van der Waals surface area contributed by atoms with E-state index in [0.29, 0.717) is 34.4 Å². The molecule has 10 heteroatoms. The number of nitrogens with zero attached hydrogens (tertiary/aromatic N) is 4. The van der Waals surface area contributed by atoms with Crippen molar-refractivity contribution < 1.29 is 22.7 Å². The molecule has 9 nitrogen and oxygen atoms in total. The minimum Gasteiger partial charge on any atom is -0.497 e. The van der Waals surface area contributed by atoms with Crippen molar-refractivity contribution >= 4 is 15.9 Å². The topological polar surface area (TPSA) is 82.6 Å². The predicted octanol–water partition coefficient (Wildman–Crippen LogP) is 2.11. The van der Waals surface area contributed by atoms with Crippen molar-refractivity contribution in [3.05, 3.63) is 23.3 Å². The lowest BCUT2D eigenvalue weighted by Crippen LogP contribution is -2.53. The number of piperazine rings is 1. The smallest absolute Gasteiger partial charge is 0.248 e. The zero-order chi connectivity index (χ0) is 26.6. The van der Waals surface area contributed by atoms with Crippen LogP contribution in [0.15, 0.2) is 17.0 Å². The molecule has 3 aliphatic rings. The molecule has 0 bridgehead atoms. The number of amides is 1. The predicted molar refractivity (Wildman–Crippen MR) is 143 cm³/mol. The summed E-state index contributed by atoms with van der Waals surface area (Å²) < 4.78 is 40.2. The van der Waals surface area contributed by atoms with Crippen molar-refractivity contribution in [2.75, 3.05) is 73.2 Å². The van der Waals surface area contributed by atoms with Crippen molar-refractivity contribution in [2.24, 2.45) is 0 Å². The summed E-state index contributed by atoms with van der Waals surface area (Å²) in [7, 11) is 0.0549. The van der Waals surface area contributed by atoms with Gasteiger partial charge in [-0.1, -0.05) is 6.42 Å². The maximum Gasteiger partial charge on any atom is 0.248 e. The Morgan fingerprint density at radius 2 is 1.59 bits per heavy atom. The van der Waals surface area contributed by atoms with Gasteiger partial charge in [0, 0.05) is 57.9 Å². The highest BCUT2D eigenvalue weighted by Crippen LogP contribution is 2.32. The monoisotopic (exact) mass is 536 g/mol. The third-order valence-corrected chi connectivity index (χ3v) is 10.5. The van der Waals surface area contributed by atoms with Gasteiger partial charge in [0.1, 0.15) is 12.4 Å². The highest BCUT2D eigenvalue weighted by molar-refractivity contribution is 7.89. The van der Waals surface area contributed by atoms with Crippen LogP contribution in [0.25, 0.3) is 0 Å². The zero-order valence-corrected chi connectivity index (χ0v) is 23.8.